The summed E-state index contributed by atoms with van der Waals surface area (Å²) >= 11 is 0. The molecule has 2 fully saturated rings. The number of pyridine rings is 1. The van der Waals surface area contributed by atoms with Gasteiger partial charge in [0.2, 0.25) is 11.8 Å². The summed E-state index contributed by atoms with van der Waals surface area (Å²) in [6, 6.07) is 6.87. The van der Waals surface area contributed by atoms with Crippen molar-refractivity contribution >= 4 is 23.3 Å². The molecule has 0 unspecified atom stereocenters. The predicted octanol–water partition coefficient (Wildman–Crippen LogP) is 6.99. The molecule has 0 spiro atoms. The minimum Gasteiger partial charge on any atom is -0.313 e. The number of carbonyl (C=O) groups excluding carboxylic acids is 2. The molecule has 2 aromatic carbocycles. The van der Waals surface area contributed by atoms with Crippen molar-refractivity contribution in [3.63, 3.8) is 0 Å². The summed E-state index contributed by atoms with van der Waals surface area (Å²) in [5.41, 5.74) is -3.87. The Balaban J connectivity index is 1.59. The van der Waals surface area contributed by atoms with E-state index < -0.39 is 46.2 Å². The normalized spacial score (nSPS) is 17.9. The minimum absolute atomic E-state index is 0.0124. The molecule has 0 saturated carbocycles. The SMILES string of the molecule is Cc1cc(F)ccc1-c1cc(N2C[C@@H]3CCCN3CC2=O)ncc1N(C)C(=O)C(C)(C)c1cc(C(F)(F)F)cc(C(F)(F)F)c1. The number of carbonyl (C=O) groups is 2. The highest BCUT2D eigenvalue weighted by Gasteiger charge is 2.42. The zero-order chi connectivity index (χ0) is 33.1. The van der Waals surface area contributed by atoms with E-state index in [2.05, 4.69) is 9.88 Å². The van der Waals surface area contributed by atoms with E-state index in [1.165, 1.54) is 45.3 Å². The molecule has 0 aliphatic carbocycles. The molecule has 2 aliphatic heterocycles. The number of benzene rings is 2. The first-order valence-electron chi connectivity index (χ1n) is 14.3. The zero-order valence-corrected chi connectivity index (χ0v) is 25.0. The van der Waals surface area contributed by atoms with Crippen molar-refractivity contribution in [3.8, 4) is 11.1 Å². The quantitative estimate of drug-likeness (QED) is 0.284. The molecule has 2 amide bonds. The van der Waals surface area contributed by atoms with Gasteiger partial charge in [-0.25, -0.2) is 9.37 Å². The molecule has 0 bridgehead atoms. The van der Waals surface area contributed by atoms with Crippen molar-refractivity contribution < 1.29 is 40.3 Å². The smallest absolute Gasteiger partial charge is 0.313 e. The third kappa shape index (κ3) is 6.27. The van der Waals surface area contributed by atoms with Crippen LogP contribution in [0.2, 0.25) is 0 Å². The average Bonchev–Trinajstić information content (AvgIpc) is 3.42. The summed E-state index contributed by atoms with van der Waals surface area (Å²) in [6.07, 6.45) is -6.95. The number of rotatable bonds is 5. The van der Waals surface area contributed by atoms with Gasteiger partial charge in [-0.05, 0) is 93.2 Å². The minimum atomic E-state index is -5.09. The van der Waals surface area contributed by atoms with E-state index in [1.54, 1.807) is 17.9 Å². The standard InChI is InChI=1S/C32H31F7N4O2/c1-18-10-22(33)7-8-24(18)25-14-27(43-16-23-6-5-9-42(23)17-28(43)44)40-15-26(25)41(4)29(45)30(2,3)19-11-20(31(34,35)36)13-21(12-19)32(37,38)39/h7-8,10-15,23H,5-6,9,16-17H2,1-4H3/t23-/m0/s1. The van der Waals surface area contributed by atoms with Gasteiger partial charge in [0.15, 0.2) is 0 Å². The summed E-state index contributed by atoms with van der Waals surface area (Å²) in [7, 11) is 1.34. The molecule has 0 N–H and O–H groups in total. The summed E-state index contributed by atoms with van der Waals surface area (Å²) in [6.45, 7) is 5.60. The molecule has 0 radical (unpaired) electrons. The van der Waals surface area contributed by atoms with Crippen LogP contribution in [0.25, 0.3) is 11.1 Å². The Bertz CT molecular complexity index is 1620. The largest absolute Gasteiger partial charge is 0.416 e. The maximum absolute atomic E-state index is 14.1. The fourth-order valence-electron chi connectivity index (χ4n) is 6.07. The fraction of sp³-hybridized carbons (Fsp3) is 0.406. The lowest BCUT2D eigenvalue weighted by atomic mass is 9.81. The average molecular weight is 637 g/mol. The van der Waals surface area contributed by atoms with Crippen LogP contribution in [0.15, 0.2) is 48.7 Å². The Morgan fingerprint density at radius 2 is 1.56 bits per heavy atom. The van der Waals surface area contributed by atoms with Crippen LogP contribution in [0.5, 0.6) is 0 Å². The van der Waals surface area contributed by atoms with E-state index >= 15 is 0 Å². The van der Waals surface area contributed by atoms with E-state index in [-0.39, 0.29) is 30.2 Å². The van der Waals surface area contributed by atoms with Crippen molar-refractivity contribution in [2.45, 2.75) is 57.4 Å². The van der Waals surface area contributed by atoms with E-state index in [0.29, 0.717) is 41.2 Å². The van der Waals surface area contributed by atoms with Crippen LogP contribution >= 0.6 is 0 Å². The van der Waals surface area contributed by atoms with Crippen LogP contribution in [0.1, 0.15) is 48.9 Å². The van der Waals surface area contributed by atoms with Gasteiger partial charge in [0.25, 0.3) is 0 Å². The predicted molar refractivity (Wildman–Crippen MR) is 154 cm³/mol. The first-order valence-corrected chi connectivity index (χ1v) is 14.3. The van der Waals surface area contributed by atoms with Crippen LogP contribution in [0, 0.1) is 12.7 Å². The first-order chi connectivity index (χ1) is 20.9. The summed E-state index contributed by atoms with van der Waals surface area (Å²) < 4.78 is 95.8. The lowest BCUT2D eigenvalue weighted by Crippen LogP contribution is -2.54. The Morgan fingerprint density at radius 1 is 0.933 bits per heavy atom. The number of alkyl halides is 6. The lowest BCUT2D eigenvalue weighted by Gasteiger charge is -2.37. The Hall–Kier alpha value is -4.00. The molecule has 2 saturated heterocycles. The van der Waals surface area contributed by atoms with Gasteiger partial charge in [-0.15, -0.1) is 0 Å². The molecule has 5 rings (SSSR count). The number of likely N-dealkylation sites (N-methyl/N-ethyl adjacent to an activating group) is 1. The number of anilines is 2. The number of hydrogen-bond donors (Lipinski definition) is 0. The van der Waals surface area contributed by atoms with E-state index in [9.17, 15) is 40.3 Å². The molecule has 6 nitrogen and oxygen atoms in total. The molecule has 1 aromatic heterocycles. The molecular formula is C32H31F7N4O2. The van der Waals surface area contributed by atoms with Gasteiger partial charge >= 0.3 is 12.4 Å². The Labute approximate surface area is 255 Å². The van der Waals surface area contributed by atoms with Gasteiger partial charge < -0.3 is 4.90 Å². The van der Waals surface area contributed by atoms with Crippen LogP contribution < -0.4 is 9.80 Å². The maximum atomic E-state index is 14.1. The highest BCUT2D eigenvalue weighted by atomic mass is 19.4. The van der Waals surface area contributed by atoms with Gasteiger partial charge in [0.1, 0.15) is 11.6 Å². The number of amides is 2. The Morgan fingerprint density at radius 3 is 2.16 bits per heavy atom. The first kappa shape index (κ1) is 32.4. The summed E-state index contributed by atoms with van der Waals surface area (Å²) in [5.74, 6) is -1.18. The van der Waals surface area contributed by atoms with Crippen molar-refractivity contribution in [1.82, 2.24) is 9.88 Å². The zero-order valence-electron chi connectivity index (χ0n) is 25.0. The van der Waals surface area contributed by atoms with Gasteiger partial charge in [-0.3, -0.25) is 19.4 Å². The lowest BCUT2D eigenvalue weighted by molar-refractivity contribution is -0.143. The third-order valence-electron chi connectivity index (χ3n) is 8.67. The molecule has 3 aromatic rings. The molecule has 1 atom stereocenters. The van der Waals surface area contributed by atoms with Gasteiger partial charge in [-0.2, -0.15) is 26.3 Å². The molecule has 45 heavy (non-hydrogen) atoms. The highest BCUT2D eigenvalue weighted by Crippen LogP contribution is 2.41. The second-order valence-corrected chi connectivity index (χ2v) is 12.1. The van der Waals surface area contributed by atoms with Gasteiger partial charge in [-0.1, -0.05) is 6.07 Å². The van der Waals surface area contributed by atoms with Crippen LogP contribution in [0.4, 0.5) is 42.2 Å². The highest BCUT2D eigenvalue weighted by molar-refractivity contribution is 6.04. The van der Waals surface area contributed by atoms with Crippen LogP contribution in [-0.2, 0) is 27.4 Å². The fourth-order valence-corrected chi connectivity index (χ4v) is 6.07. The molecular weight excluding hydrogens is 605 g/mol. The topological polar surface area (TPSA) is 56.8 Å². The molecule has 2 aliphatic rings. The Kier molecular flexibility index (Phi) is 8.22. The monoisotopic (exact) mass is 636 g/mol. The van der Waals surface area contributed by atoms with E-state index in [1.807, 2.05) is 0 Å². The van der Waals surface area contributed by atoms with Crippen LogP contribution in [0.3, 0.4) is 0 Å². The number of hydrogen-bond acceptors (Lipinski definition) is 4. The molecule has 13 heteroatoms. The van der Waals surface area contributed by atoms with Crippen LogP contribution in [-0.4, -0.2) is 54.4 Å². The van der Waals surface area contributed by atoms with Crippen molar-refractivity contribution in [1.29, 1.82) is 0 Å². The number of fused-ring (bicyclic) bond motifs is 1. The van der Waals surface area contributed by atoms with Crippen molar-refractivity contribution in [2.75, 3.05) is 36.5 Å². The van der Waals surface area contributed by atoms with Gasteiger partial charge in [0.05, 0.1) is 35.0 Å². The maximum Gasteiger partial charge on any atom is 0.416 e. The summed E-state index contributed by atoms with van der Waals surface area (Å²) in [5, 5.41) is 0. The second-order valence-electron chi connectivity index (χ2n) is 12.1. The summed E-state index contributed by atoms with van der Waals surface area (Å²) in [4.78, 5) is 36.3. The molecule has 3 heterocycles. The van der Waals surface area contributed by atoms with Gasteiger partial charge in [0, 0.05) is 25.2 Å². The van der Waals surface area contributed by atoms with Crippen molar-refractivity contribution in [3.05, 3.63) is 76.7 Å². The van der Waals surface area contributed by atoms with E-state index in [4.69, 9.17) is 0 Å². The second kappa shape index (κ2) is 11.4. The number of aromatic nitrogens is 1. The van der Waals surface area contributed by atoms with Crippen molar-refractivity contribution in [2.24, 2.45) is 0 Å². The number of piperazine rings is 1. The number of halogens is 7. The number of nitrogens with zero attached hydrogens (tertiary/aromatic N) is 4. The molecule has 240 valence electrons. The van der Waals surface area contributed by atoms with E-state index in [0.717, 1.165) is 24.3 Å². The number of aryl methyl sites for hydroxylation is 1. The third-order valence-corrected chi connectivity index (χ3v) is 8.67.